The lowest BCUT2D eigenvalue weighted by molar-refractivity contribution is 0.650. The number of hydrogen-bond acceptors (Lipinski definition) is 0. The summed E-state index contributed by atoms with van der Waals surface area (Å²) in [6.07, 6.45) is 22.9. The first kappa shape index (κ1) is 16.7. The molecule has 0 aromatic rings. The molecule has 0 aliphatic heterocycles. The summed E-state index contributed by atoms with van der Waals surface area (Å²) in [5.41, 5.74) is 0. The van der Waals surface area contributed by atoms with Crippen LogP contribution in [0.15, 0.2) is 12.2 Å². The average molecular weight is 236 g/mol. The zero-order chi connectivity index (χ0) is 12.6. The lowest BCUT2D eigenvalue weighted by atomic mass is 10.1. The van der Waals surface area contributed by atoms with E-state index < -0.39 is 0 Å². The van der Waals surface area contributed by atoms with Crippen LogP contribution in [-0.2, 0) is 0 Å². The largest absolute Gasteiger partial charge is 0.0885 e. The summed E-state index contributed by atoms with van der Waals surface area (Å²) in [4.78, 5) is 0. The minimum absolute atomic E-state index is 1.10. The van der Waals surface area contributed by atoms with Gasteiger partial charge in [0.05, 0.1) is 0 Å². The van der Waals surface area contributed by atoms with Gasteiger partial charge in [0.2, 0.25) is 0 Å². The van der Waals surface area contributed by atoms with Gasteiger partial charge in [-0.2, -0.15) is 0 Å². The van der Waals surface area contributed by atoms with Gasteiger partial charge in [-0.15, -0.1) is 0 Å². The van der Waals surface area contributed by atoms with E-state index in [2.05, 4.69) is 32.4 Å². The van der Waals surface area contributed by atoms with Crippen molar-refractivity contribution in [2.75, 3.05) is 0 Å². The molecule has 0 aliphatic carbocycles. The minimum atomic E-state index is 1.10. The van der Waals surface area contributed by atoms with Gasteiger partial charge in [-0.25, -0.2) is 0 Å². The van der Waals surface area contributed by atoms with Crippen LogP contribution in [0.1, 0.15) is 84.0 Å². The van der Waals surface area contributed by atoms with E-state index in [0.717, 1.165) is 6.42 Å². The van der Waals surface area contributed by atoms with E-state index in [4.69, 9.17) is 0 Å². The van der Waals surface area contributed by atoms with Gasteiger partial charge in [0, 0.05) is 0 Å². The fourth-order valence-electron chi connectivity index (χ4n) is 1.94. The summed E-state index contributed by atoms with van der Waals surface area (Å²) in [5.74, 6) is 0. The summed E-state index contributed by atoms with van der Waals surface area (Å²) >= 11 is 0. The zero-order valence-corrected chi connectivity index (χ0v) is 11.9. The highest BCUT2D eigenvalue weighted by atomic mass is 13.9. The fraction of sp³-hybridized carbons (Fsp3) is 0.765. The Hall–Kier alpha value is -0.260. The molecule has 0 spiro atoms. The maximum Gasteiger partial charge on any atom is -0.0319 e. The van der Waals surface area contributed by atoms with Crippen LogP contribution in [-0.4, -0.2) is 0 Å². The molecular weight excluding hydrogens is 204 g/mol. The van der Waals surface area contributed by atoms with Gasteiger partial charge in [-0.3, -0.25) is 0 Å². The Labute approximate surface area is 110 Å². The van der Waals surface area contributed by atoms with Crippen molar-refractivity contribution in [3.63, 3.8) is 0 Å². The molecule has 0 amide bonds. The Morgan fingerprint density at radius 2 is 1.47 bits per heavy atom. The quantitative estimate of drug-likeness (QED) is 0.261. The van der Waals surface area contributed by atoms with Crippen molar-refractivity contribution in [2.45, 2.75) is 84.0 Å². The average Bonchev–Trinajstić information content (AvgIpc) is 2.35. The third-order valence-corrected chi connectivity index (χ3v) is 3.10. The highest BCUT2D eigenvalue weighted by Crippen LogP contribution is 2.08. The van der Waals surface area contributed by atoms with Gasteiger partial charge in [0.1, 0.15) is 0 Å². The number of unbranched alkanes of at least 4 members (excludes halogenated alkanes) is 11. The molecule has 100 valence electrons. The van der Waals surface area contributed by atoms with Crippen molar-refractivity contribution >= 4 is 0 Å². The number of rotatable bonds is 13. The Bertz CT molecular complexity index is 146. The van der Waals surface area contributed by atoms with Gasteiger partial charge in [-0.1, -0.05) is 77.4 Å². The second-order valence-electron chi connectivity index (χ2n) is 4.90. The molecule has 0 heteroatoms. The molecule has 0 saturated carbocycles. The highest BCUT2D eigenvalue weighted by Gasteiger charge is 1.89. The molecule has 0 aliphatic rings. The van der Waals surface area contributed by atoms with E-state index in [1.807, 2.05) is 0 Å². The monoisotopic (exact) mass is 236 g/mol. The third kappa shape index (κ3) is 15.7. The first-order chi connectivity index (χ1) is 8.41. The van der Waals surface area contributed by atoms with Crippen molar-refractivity contribution in [3.05, 3.63) is 25.5 Å². The van der Waals surface area contributed by atoms with Crippen molar-refractivity contribution in [3.8, 4) is 0 Å². The van der Waals surface area contributed by atoms with E-state index in [-0.39, 0.29) is 0 Å². The van der Waals surface area contributed by atoms with E-state index in [0.29, 0.717) is 0 Å². The van der Waals surface area contributed by atoms with Crippen LogP contribution in [0.4, 0.5) is 0 Å². The highest BCUT2D eigenvalue weighted by molar-refractivity contribution is 4.86. The molecule has 0 atom stereocenters. The molecule has 0 aromatic carbocycles. The van der Waals surface area contributed by atoms with E-state index >= 15 is 0 Å². The van der Waals surface area contributed by atoms with Gasteiger partial charge in [-0.05, 0) is 32.1 Å². The zero-order valence-electron chi connectivity index (χ0n) is 11.9. The van der Waals surface area contributed by atoms with Gasteiger partial charge >= 0.3 is 0 Å². The Morgan fingerprint density at radius 3 is 2.24 bits per heavy atom. The molecule has 0 fully saturated rings. The van der Waals surface area contributed by atoms with Gasteiger partial charge < -0.3 is 0 Å². The Morgan fingerprint density at radius 1 is 0.765 bits per heavy atom. The Balaban J connectivity index is 2.99. The molecule has 0 unspecified atom stereocenters. The minimum Gasteiger partial charge on any atom is -0.0885 e. The topological polar surface area (TPSA) is 0 Å². The lowest BCUT2D eigenvalue weighted by Crippen LogP contribution is -1.79. The standard InChI is InChI=1S/C17H32/c1-3-5-7-9-11-13-15-17-16-14-12-10-8-6-4-2/h14-15,17H,1,3-13,16H2,2H3/b17-15+. The van der Waals surface area contributed by atoms with Crippen LogP contribution in [0.25, 0.3) is 0 Å². The van der Waals surface area contributed by atoms with Crippen LogP contribution in [0.5, 0.6) is 0 Å². The van der Waals surface area contributed by atoms with E-state index in [9.17, 15) is 0 Å². The Kier molecular flexibility index (Phi) is 15.5. The number of allylic oxidation sites excluding steroid dienone is 2. The van der Waals surface area contributed by atoms with Crippen LogP contribution < -0.4 is 0 Å². The summed E-state index contributed by atoms with van der Waals surface area (Å²) in [7, 11) is 0. The molecule has 0 rings (SSSR count). The SMILES string of the molecule is [CH2]CCCCCC/C=C/C[CH]CCCCCC. The van der Waals surface area contributed by atoms with E-state index in [1.165, 1.54) is 70.6 Å². The smallest absolute Gasteiger partial charge is 0.0319 e. The molecule has 0 N–H and O–H groups in total. The van der Waals surface area contributed by atoms with Crippen LogP contribution in [0.3, 0.4) is 0 Å². The van der Waals surface area contributed by atoms with Crippen LogP contribution in [0.2, 0.25) is 0 Å². The maximum atomic E-state index is 3.86. The van der Waals surface area contributed by atoms with Gasteiger partial charge in [0.25, 0.3) is 0 Å². The van der Waals surface area contributed by atoms with Crippen molar-refractivity contribution in [1.82, 2.24) is 0 Å². The van der Waals surface area contributed by atoms with E-state index in [1.54, 1.807) is 0 Å². The van der Waals surface area contributed by atoms with Crippen molar-refractivity contribution in [1.29, 1.82) is 0 Å². The molecule has 0 bridgehead atoms. The molecule has 0 heterocycles. The first-order valence-corrected chi connectivity index (χ1v) is 7.67. The number of hydrogen-bond donors (Lipinski definition) is 0. The first-order valence-electron chi connectivity index (χ1n) is 7.67. The summed E-state index contributed by atoms with van der Waals surface area (Å²) in [5, 5.41) is 0. The predicted octanol–water partition coefficient (Wildman–Crippen LogP) is 6.28. The van der Waals surface area contributed by atoms with Crippen molar-refractivity contribution in [2.24, 2.45) is 0 Å². The maximum absolute atomic E-state index is 3.86. The van der Waals surface area contributed by atoms with Crippen LogP contribution in [0, 0.1) is 13.3 Å². The van der Waals surface area contributed by atoms with Crippen molar-refractivity contribution < 1.29 is 0 Å². The molecule has 0 nitrogen and oxygen atoms in total. The predicted molar refractivity (Wildman–Crippen MR) is 79.9 cm³/mol. The van der Waals surface area contributed by atoms with Crippen LogP contribution >= 0.6 is 0 Å². The molecule has 17 heavy (non-hydrogen) atoms. The second-order valence-corrected chi connectivity index (χ2v) is 4.90. The molecular formula is C17H32. The fourth-order valence-corrected chi connectivity index (χ4v) is 1.94. The normalized spacial score (nSPS) is 11.4. The molecule has 2 radical (unpaired) electrons. The molecule has 0 saturated heterocycles. The summed E-state index contributed by atoms with van der Waals surface area (Å²) < 4.78 is 0. The summed E-state index contributed by atoms with van der Waals surface area (Å²) in [6, 6.07) is 0. The third-order valence-electron chi connectivity index (χ3n) is 3.10. The summed E-state index contributed by atoms with van der Waals surface area (Å²) in [6.45, 7) is 6.13. The lowest BCUT2D eigenvalue weighted by Gasteiger charge is -1.98. The second kappa shape index (κ2) is 15.7. The van der Waals surface area contributed by atoms with Gasteiger partial charge in [0.15, 0.2) is 0 Å². The molecule has 0 aromatic heterocycles.